The van der Waals surface area contributed by atoms with Gasteiger partial charge in [0.25, 0.3) is 0 Å². The van der Waals surface area contributed by atoms with E-state index in [4.69, 9.17) is 56.8 Å². The summed E-state index contributed by atoms with van der Waals surface area (Å²) < 4.78 is 77.6. The van der Waals surface area contributed by atoms with Crippen LogP contribution >= 0.6 is 0 Å². The summed E-state index contributed by atoms with van der Waals surface area (Å²) in [6, 6.07) is 47.1. The van der Waals surface area contributed by atoms with Crippen LogP contribution in [0.5, 0.6) is 0 Å². The number of hydrogen-bond acceptors (Lipinski definition) is 15. The lowest BCUT2D eigenvalue weighted by Crippen LogP contribution is -2.66. The summed E-state index contributed by atoms with van der Waals surface area (Å²) in [6.45, 7) is 4.43. The van der Waals surface area contributed by atoms with Crippen molar-refractivity contribution >= 4 is 17.9 Å². The number of benzene rings is 5. The van der Waals surface area contributed by atoms with E-state index in [1.165, 1.54) is 21.0 Å². The molecule has 2 saturated heterocycles. The largest absolute Gasteiger partial charge is 0.464 e. The molecule has 2 fully saturated rings. The summed E-state index contributed by atoms with van der Waals surface area (Å²) in [6.07, 6.45) is -12.9. The van der Waals surface area contributed by atoms with E-state index in [0.29, 0.717) is 5.56 Å². The highest BCUT2D eigenvalue weighted by atomic mass is 16.8. The highest BCUT2D eigenvalue weighted by molar-refractivity contribution is 5.76. The lowest BCUT2D eigenvalue weighted by atomic mass is 9.95. The van der Waals surface area contributed by atoms with E-state index >= 15 is 0 Å². The van der Waals surface area contributed by atoms with E-state index in [2.05, 4.69) is 0 Å². The Morgan fingerprint density at radius 3 is 1.47 bits per heavy atom. The normalized spacial score (nSPS) is 24.8. The molecule has 2 aliphatic heterocycles. The third kappa shape index (κ3) is 14.8. The highest BCUT2D eigenvalue weighted by Crippen LogP contribution is 2.38. The van der Waals surface area contributed by atoms with E-state index < -0.39 is 85.4 Å². The summed E-state index contributed by atoms with van der Waals surface area (Å²) in [5, 5.41) is 0. The van der Waals surface area contributed by atoms with Crippen LogP contribution in [0.4, 0.5) is 0 Å². The third-order valence-corrected chi connectivity index (χ3v) is 11.6. The summed E-state index contributed by atoms with van der Waals surface area (Å²) >= 11 is 0. The first kappa shape index (κ1) is 52.0. The van der Waals surface area contributed by atoms with Crippen molar-refractivity contribution in [2.24, 2.45) is 0 Å². The Morgan fingerprint density at radius 1 is 0.500 bits per heavy atom. The minimum Gasteiger partial charge on any atom is -0.464 e. The van der Waals surface area contributed by atoms with E-state index in [1.54, 1.807) is 37.3 Å². The molecule has 0 amide bonds. The summed E-state index contributed by atoms with van der Waals surface area (Å²) in [5.41, 5.74) is 3.92. The van der Waals surface area contributed by atoms with Crippen molar-refractivity contribution < 1.29 is 71.2 Å². The maximum Gasteiger partial charge on any atom is 0.339 e. The van der Waals surface area contributed by atoms with Gasteiger partial charge in [0.05, 0.1) is 39.6 Å². The average Bonchev–Trinajstić information content (AvgIpc) is 3.38. The van der Waals surface area contributed by atoms with Crippen molar-refractivity contribution in [3.63, 3.8) is 0 Å². The Morgan fingerprint density at radius 2 is 0.971 bits per heavy atom. The van der Waals surface area contributed by atoms with Gasteiger partial charge in [-0.05, 0) is 34.7 Å². The second kappa shape index (κ2) is 26.9. The Labute approximate surface area is 409 Å². The van der Waals surface area contributed by atoms with Crippen molar-refractivity contribution in [2.75, 3.05) is 26.9 Å². The number of methoxy groups -OCH3 is 1. The molecule has 15 nitrogen and oxygen atoms in total. The minimum absolute atomic E-state index is 0.0310. The fourth-order valence-electron chi connectivity index (χ4n) is 8.32. The molecule has 2 aliphatic rings. The summed E-state index contributed by atoms with van der Waals surface area (Å²) in [4.78, 5) is 39.8. The number of carbonyl (C=O) groups excluding carboxylic acids is 3. The van der Waals surface area contributed by atoms with E-state index in [0.717, 1.165) is 22.3 Å². The van der Waals surface area contributed by atoms with Gasteiger partial charge < -0.3 is 56.8 Å². The molecule has 0 aromatic heterocycles. The Balaban J connectivity index is 1.34. The van der Waals surface area contributed by atoms with Gasteiger partial charge in [-0.3, -0.25) is 9.59 Å². The molecule has 0 radical (unpaired) electrons. The fourth-order valence-corrected chi connectivity index (χ4v) is 8.32. The molecule has 0 saturated carbocycles. The smallest absolute Gasteiger partial charge is 0.339 e. The van der Waals surface area contributed by atoms with Crippen LogP contribution in [0, 0.1) is 0 Å². The summed E-state index contributed by atoms with van der Waals surface area (Å²) in [5.74, 6) is -2.00. The number of ether oxygens (including phenoxy) is 12. The second-order valence-electron chi connectivity index (χ2n) is 16.7. The predicted octanol–water partition coefficient (Wildman–Crippen LogP) is 7.63. The van der Waals surface area contributed by atoms with Crippen LogP contribution in [0.1, 0.15) is 54.7 Å². The molecule has 70 heavy (non-hydrogen) atoms. The van der Waals surface area contributed by atoms with Crippen molar-refractivity contribution in [2.45, 2.75) is 115 Å². The second-order valence-corrected chi connectivity index (χ2v) is 16.7. The maximum atomic E-state index is 14.0. The number of rotatable bonds is 24. The Kier molecular flexibility index (Phi) is 20.0. The van der Waals surface area contributed by atoms with Gasteiger partial charge in [-0.1, -0.05) is 152 Å². The average molecular weight is 963 g/mol. The SMILES string of the molecule is CCOC(=O)[C@@H](O[C@H]1[C@@H](O[C@H]2[C@H](OCc3ccccc3)[C@@H](OCc3ccccc3)[C@@H](OC)O[C@@H]2COCc2ccccc2)O[C@H](COC(C)=O)[C@H](OCc2ccccc2)[C@@H]1OC(C)=O)c1ccccc1. The van der Waals surface area contributed by atoms with Gasteiger partial charge in [-0.25, -0.2) is 4.79 Å². The molecular formula is C55H62O15. The molecule has 0 bridgehead atoms. The Bertz CT molecular complexity index is 2310. The molecule has 2 heterocycles. The highest BCUT2D eigenvalue weighted by Gasteiger charge is 2.56. The molecule has 0 unspecified atom stereocenters. The lowest BCUT2D eigenvalue weighted by molar-refractivity contribution is -0.374. The van der Waals surface area contributed by atoms with Crippen molar-refractivity contribution in [1.29, 1.82) is 0 Å². The van der Waals surface area contributed by atoms with Gasteiger partial charge in [0.1, 0.15) is 49.3 Å². The minimum atomic E-state index is -1.52. The van der Waals surface area contributed by atoms with Crippen molar-refractivity contribution in [1.82, 2.24) is 0 Å². The summed E-state index contributed by atoms with van der Waals surface area (Å²) in [7, 11) is 1.52. The van der Waals surface area contributed by atoms with Gasteiger partial charge >= 0.3 is 17.9 Å². The van der Waals surface area contributed by atoms with Crippen LogP contribution in [-0.2, 0) is 97.7 Å². The van der Waals surface area contributed by atoms with Crippen LogP contribution in [0.25, 0.3) is 0 Å². The zero-order valence-corrected chi connectivity index (χ0v) is 39.9. The van der Waals surface area contributed by atoms with Gasteiger partial charge in [0.15, 0.2) is 24.8 Å². The molecule has 0 aliphatic carbocycles. The van der Waals surface area contributed by atoms with Crippen molar-refractivity contribution in [3.8, 4) is 0 Å². The first-order valence-corrected chi connectivity index (χ1v) is 23.5. The number of esters is 3. The van der Waals surface area contributed by atoms with Gasteiger partial charge in [-0.15, -0.1) is 0 Å². The van der Waals surface area contributed by atoms with Crippen molar-refractivity contribution in [3.05, 3.63) is 179 Å². The molecule has 372 valence electrons. The predicted molar refractivity (Wildman–Crippen MR) is 253 cm³/mol. The number of carbonyl (C=O) groups is 3. The molecule has 15 heteroatoms. The Hall–Kier alpha value is -5.85. The third-order valence-electron chi connectivity index (χ3n) is 11.6. The molecule has 5 aromatic carbocycles. The van der Waals surface area contributed by atoms with Gasteiger partial charge in [0, 0.05) is 21.0 Å². The molecule has 11 atom stereocenters. The molecule has 5 aromatic rings. The topological polar surface area (TPSA) is 162 Å². The van der Waals surface area contributed by atoms with Crippen LogP contribution < -0.4 is 0 Å². The molecular weight excluding hydrogens is 901 g/mol. The van der Waals surface area contributed by atoms with Crippen LogP contribution in [-0.4, -0.2) is 106 Å². The standard InChI is InChI=1S/C55H62O15/c1-5-61-53(58)46(43-29-19-10-20-30-43)69-52-50(66-38(3)57)47(63-32-40-23-13-7-14-24-40)45(36-62-37(2)56)68-55(52)70-48-44(35-60-31-39-21-11-6-12-22-39)67-54(59-4)51(65-34-42-27-17-9-18-28-42)49(48)64-33-41-25-15-8-16-26-41/h6-30,44-52,54-55H,5,31-36H2,1-4H3/t44-,45-,46+,47+,48-,49+,50+,51-,52-,54+,55-/m1/s1. The zero-order chi connectivity index (χ0) is 49.1. The molecule has 0 spiro atoms. The monoisotopic (exact) mass is 962 g/mol. The first-order valence-electron chi connectivity index (χ1n) is 23.5. The van der Waals surface area contributed by atoms with Crippen LogP contribution in [0.15, 0.2) is 152 Å². The maximum absolute atomic E-state index is 14.0. The van der Waals surface area contributed by atoms with E-state index in [9.17, 15) is 14.4 Å². The van der Waals surface area contributed by atoms with E-state index in [1.807, 2.05) is 121 Å². The zero-order valence-electron chi connectivity index (χ0n) is 39.9. The van der Waals surface area contributed by atoms with Gasteiger partial charge in [0.2, 0.25) is 0 Å². The van der Waals surface area contributed by atoms with Crippen LogP contribution in [0.3, 0.4) is 0 Å². The van der Waals surface area contributed by atoms with E-state index in [-0.39, 0.29) is 46.2 Å². The quantitative estimate of drug-likeness (QED) is 0.0438. The van der Waals surface area contributed by atoms with Gasteiger partial charge in [-0.2, -0.15) is 0 Å². The number of hydrogen-bond donors (Lipinski definition) is 0. The molecule has 7 rings (SSSR count). The molecule has 0 N–H and O–H groups in total. The lowest BCUT2D eigenvalue weighted by Gasteiger charge is -2.50. The first-order chi connectivity index (χ1) is 34.2. The van der Waals surface area contributed by atoms with Crippen LogP contribution in [0.2, 0.25) is 0 Å². The fraction of sp³-hybridized carbons (Fsp3) is 0.400.